The van der Waals surface area contributed by atoms with E-state index in [1.54, 1.807) is 43.5 Å². The maximum Gasteiger partial charge on any atom is 0.331 e. The second kappa shape index (κ2) is 7.83. The molecule has 1 aromatic carbocycles. The molecule has 2 amide bonds. The van der Waals surface area contributed by atoms with Crippen LogP contribution in [0.25, 0.3) is 17.1 Å². The first-order valence-corrected chi connectivity index (χ1v) is 10.6. The van der Waals surface area contributed by atoms with Crippen molar-refractivity contribution in [2.24, 2.45) is 5.92 Å². The first-order valence-electron chi connectivity index (χ1n) is 10.6. The minimum atomic E-state index is -0.712. The minimum absolute atomic E-state index is 0.203. The number of rotatable bonds is 5. The Morgan fingerprint density at radius 3 is 2.55 bits per heavy atom. The van der Waals surface area contributed by atoms with Gasteiger partial charge in [-0.2, -0.15) is 0 Å². The van der Waals surface area contributed by atoms with Crippen LogP contribution in [0.15, 0.2) is 29.1 Å². The number of nitrogens with one attached hydrogen (secondary N) is 1. The van der Waals surface area contributed by atoms with Crippen molar-refractivity contribution in [2.75, 3.05) is 0 Å². The number of hydrogen-bond acceptors (Lipinski definition) is 5. The van der Waals surface area contributed by atoms with E-state index in [2.05, 4.69) is 5.32 Å². The lowest BCUT2D eigenvalue weighted by atomic mass is 10.1. The summed E-state index contributed by atoms with van der Waals surface area (Å²) in [5.74, 6) is -0.744. The molecule has 2 aromatic rings. The Kier molecular flexibility index (Phi) is 5.33. The number of esters is 1. The molecule has 1 unspecified atom stereocenters. The van der Waals surface area contributed by atoms with Crippen LogP contribution >= 0.6 is 0 Å². The van der Waals surface area contributed by atoms with Gasteiger partial charge in [-0.15, -0.1) is 0 Å². The van der Waals surface area contributed by atoms with Gasteiger partial charge in [-0.1, -0.05) is 6.07 Å². The molecule has 1 saturated heterocycles. The Bertz CT molecular complexity index is 1140. The van der Waals surface area contributed by atoms with E-state index in [-0.39, 0.29) is 18.0 Å². The SMILES string of the molecule is CC(C)(C)OC(=O)/C=C/c1ccc2c(c1)n(CC1CC1)c(=O)n2C1CCC(=O)NC1=O. The number of aromatic nitrogens is 2. The van der Waals surface area contributed by atoms with Gasteiger partial charge in [-0.3, -0.25) is 24.0 Å². The van der Waals surface area contributed by atoms with E-state index in [0.29, 0.717) is 29.9 Å². The summed E-state index contributed by atoms with van der Waals surface area (Å²) in [4.78, 5) is 49.3. The van der Waals surface area contributed by atoms with Crippen LogP contribution in [0.4, 0.5) is 0 Å². The number of piperidine rings is 1. The fraction of sp³-hybridized carbons (Fsp3) is 0.478. The number of nitrogens with zero attached hydrogens (tertiary/aromatic N) is 2. The van der Waals surface area contributed by atoms with Crippen LogP contribution in [-0.2, 0) is 25.7 Å². The average molecular weight is 425 g/mol. The van der Waals surface area contributed by atoms with Crippen molar-refractivity contribution < 1.29 is 19.1 Å². The third-order valence-corrected chi connectivity index (χ3v) is 5.46. The van der Waals surface area contributed by atoms with Crippen molar-refractivity contribution in [2.45, 2.75) is 64.6 Å². The van der Waals surface area contributed by atoms with Crippen LogP contribution < -0.4 is 11.0 Å². The molecule has 2 aliphatic rings. The monoisotopic (exact) mass is 425 g/mol. The minimum Gasteiger partial charge on any atom is -0.457 e. The van der Waals surface area contributed by atoms with Gasteiger partial charge in [0.05, 0.1) is 11.0 Å². The van der Waals surface area contributed by atoms with E-state index < -0.39 is 23.5 Å². The molecule has 1 aliphatic heterocycles. The van der Waals surface area contributed by atoms with Gasteiger partial charge in [0.25, 0.3) is 0 Å². The van der Waals surface area contributed by atoms with Crippen LogP contribution in [0.1, 0.15) is 58.1 Å². The third-order valence-electron chi connectivity index (χ3n) is 5.46. The highest BCUT2D eigenvalue weighted by Gasteiger charge is 2.32. The number of benzene rings is 1. The van der Waals surface area contributed by atoms with Crippen molar-refractivity contribution in [3.05, 3.63) is 40.3 Å². The molecule has 8 heteroatoms. The molecule has 2 heterocycles. The molecule has 0 spiro atoms. The molecule has 1 saturated carbocycles. The van der Waals surface area contributed by atoms with Crippen LogP contribution in [0.3, 0.4) is 0 Å². The van der Waals surface area contributed by atoms with E-state index in [1.165, 1.54) is 10.6 Å². The number of fused-ring (bicyclic) bond motifs is 1. The zero-order chi connectivity index (χ0) is 22.3. The lowest BCUT2D eigenvalue weighted by Gasteiger charge is -2.21. The number of hydrogen-bond donors (Lipinski definition) is 1. The number of ether oxygens (including phenoxy) is 1. The lowest BCUT2D eigenvalue weighted by molar-refractivity contribution is -0.148. The summed E-state index contributed by atoms with van der Waals surface area (Å²) in [5.41, 5.74) is 1.30. The second-order valence-corrected chi connectivity index (χ2v) is 9.29. The van der Waals surface area contributed by atoms with Gasteiger partial charge < -0.3 is 4.74 Å². The van der Waals surface area contributed by atoms with Gasteiger partial charge in [-0.25, -0.2) is 9.59 Å². The van der Waals surface area contributed by atoms with Crippen molar-refractivity contribution >= 4 is 34.9 Å². The van der Waals surface area contributed by atoms with Gasteiger partial charge >= 0.3 is 11.7 Å². The number of imide groups is 1. The predicted octanol–water partition coefficient (Wildman–Crippen LogP) is 2.55. The standard InChI is InChI=1S/C23H27N3O5/c1-23(2,3)31-20(28)11-7-14-6-8-16-18(12-14)25(13-15-4-5-15)22(30)26(16)17-9-10-19(27)24-21(17)29/h6-8,11-12,15,17H,4-5,9-10,13H2,1-3H3,(H,24,27,29)/b11-7+. The molecule has 0 bridgehead atoms. The van der Waals surface area contributed by atoms with Gasteiger partial charge in [-0.05, 0) is 69.7 Å². The number of imidazole rings is 1. The van der Waals surface area contributed by atoms with Crippen LogP contribution in [0, 0.1) is 5.92 Å². The quantitative estimate of drug-likeness (QED) is 0.451. The molecule has 1 aliphatic carbocycles. The predicted molar refractivity (Wildman–Crippen MR) is 115 cm³/mol. The molecule has 1 N–H and O–H groups in total. The first-order chi connectivity index (χ1) is 14.6. The zero-order valence-corrected chi connectivity index (χ0v) is 18.0. The molecular weight excluding hydrogens is 398 g/mol. The summed E-state index contributed by atoms with van der Waals surface area (Å²) in [6, 6.07) is 4.73. The van der Waals surface area contributed by atoms with Gasteiger partial charge in [0.2, 0.25) is 11.8 Å². The highest BCUT2D eigenvalue weighted by molar-refractivity contribution is 6.00. The topological polar surface area (TPSA) is 99.4 Å². The maximum absolute atomic E-state index is 13.3. The Balaban J connectivity index is 1.72. The molecule has 4 rings (SSSR count). The number of amides is 2. The molecule has 8 nitrogen and oxygen atoms in total. The molecule has 164 valence electrons. The van der Waals surface area contributed by atoms with E-state index >= 15 is 0 Å². The third kappa shape index (κ3) is 4.62. The summed E-state index contributed by atoms with van der Waals surface area (Å²) in [5, 5.41) is 2.34. The Morgan fingerprint density at radius 2 is 1.90 bits per heavy atom. The Hall–Kier alpha value is -3.16. The first kappa shape index (κ1) is 21.1. The Morgan fingerprint density at radius 1 is 1.16 bits per heavy atom. The molecule has 2 fully saturated rings. The molecule has 1 atom stereocenters. The average Bonchev–Trinajstić information content (AvgIpc) is 3.45. The smallest absolute Gasteiger partial charge is 0.331 e. The zero-order valence-electron chi connectivity index (χ0n) is 18.0. The highest BCUT2D eigenvalue weighted by Crippen LogP contribution is 2.32. The van der Waals surface area contributed by atoms with Gasteiger partial charge in [0, 0.05) is 19.0 Å². The van der Waals surface area contributed by atoms with E-state index in [4.69, 9.17) is 4.74 Å². The van der Waals surface area contributed by atoms with Crippen LogP contribution in [-0.4, -0.2) is 32.5 Å². The number of carbonyl (C=O) groups is 3. The Labute approximate surface area is 179 Å². The second-order valence-electron chi connectivity index (χ2n) is 9.29. The van der Waals surface area contributed by atoms with E-state index in [9.17, 15) is 19.2 Å². The van der Waals surface area contributed by atoms with Gasteiger partial charge in [0.1, 0.15) is 11.6 Å². The van der Waals surface area contributed by atoms with Crippen LogP contribution in [0.5, 0.6) is 0 Å². The van der Waals surface area contributed by atoms with Crippen molar-refractivity contribution in [1.29, 1.82) is 0 Å². The summed E-state index contributed by atoms with van der Waals surface area (Å²) in [6.07, 6.45) is 5.68. The molecule has 0 radical (unpaired) electrons. The number of carbonyl (C=O) groups excluding carboxylic acids is 3. The summed E-state index contributed by atoms with van der Waals surface area (Å²) >= 11 is 0. The normalized spacial score (nSPS) is 19.8. The molecule has 31 heavy (non-hydrogen) atoms. The largest absolute Gasteiger partial charge is 0.457 e. The fourth-order valence-corrected chi connectivity index (χ4v) is 3.86. The van der Waals surface area contributed by atoms with Crippen LogP contribution in [0.2, 0.25) is 0 Å². The summed E-state index contributed by atoms with van der Waals surface area (Å²) in [7, 11) is 0. The van der Waals surface area contributed by atoms with Gasteiger partial charge in [0.15, 0.2) is 0 Å². The summed E-state index contributed by atoms with van der Waals surface area (Å²) < 4.78 is 8.51. The highest BCUT2D eigenvalue weighted by atomic mass is 16.6. The molecule has 1 aromatic heterocycles. The fourth-order valence-electron chi connectivity index (χ4n) is 3.86. The molecular formula is C23H27N3O5. The van der Waals surface area contributed by atoms with E-state index in [0.717, 1.165) is 18.4 Å². The van der Waals surface area contributed by atoms with Crippen molar-refractivity contribution in [3.8, 4) is 0 Å². The van der Waals surface area contributed by atoms with Crippen molar-refractivity contribution in [1.82, 2.24) is 14.5 Å². The summed E-state index contributed by atoms with van der Waals surface area (Å²) in [6.45, 7) is 6.01. The lowest BCUT2D eigenvalue weighted by Crippen LogP contribution is -2.44. The van der Waals surface area contributed by atoms with E-state index in [1.807, 2.05) is 6.07 Å². The maximum atomic E-state index is 13.3. The van der Waals surface area contributed by atoms with Crippen molar-refractivity contribution in [3.63, 3.8) is 0 Å².